The quantitative estimate of drug-likeness (QED) is 0.648. The fourth-order valence-electron chi connectivity index (χ4n) is 3.47. The maximum Gasteiger partial charge on any atom is 0.275 e. The first-order valence-electron chi connectivity index (χ1n) is 9.25. The third-order valence-corrected chi connectivity index (χ3v) is 4.96. The smallest absolute Gasteiger partial charge is 0.275 e. The molecule has 1 amide bonds. The van der Waals surface area contributed by atoms with Gasteiger partial charge in [0.2, 0.25) is 5.95 Å². The number of aryl methyl sites for hydroxylation is 1. The molecule has 0 N–H and O–H groups in total. The lowest BCUT2D eigenvalue weighted by Gasteiger charge is -2.35. The van der Waals surface area contributed by atoms with Gasteiger partial charge in [-0.05, 0) is 25.1 Å². The van der Waals surface area contributed by atoms with E-state index < -0.39 is 5.95 Å². The molecule has 144 valence electrons. The SMILES string of the molecule is CCn1nc(C(=O)N2CCN(c3cccc(F)n3)CC2)c2ccccc2c1=O. The van der Waals surface area contributed by atoms with Crippen molar-refractivity contribution >= 4 is 22.5 Å². The molecule has 3 aromatic rings. The van der Waals surface area contributed by atoms with Crippen molar-refractivity contribution in [3.05, 3.63) is 64.5 Å². The zero-order valence-corrected chi connectivity index (χ0v) is 15.5. The Balaban J connectivity index is 1.59. The molecule has 0 bridgehead atoms. The molecule has 2 aromatic heterocycles. The molecule has 1 saturated heterocycles. The van der Waals surface area contributed by atoms with Crippen LogP contribution < -0.4 is 10.5 Å². The van der Waals surface area contributed by atoms with Crippen molar-refractivity contribution in [3.8, 4) is 0 Å². The Morgan fingerprint density at radius 3 is 2.43 bits per heavy atom. The van der Waals surface area contributed by atoms with Crippen LogP contribution >= 0.6 is 0 Å². The van der Waals surface area contributed by atoms with E-state index >= 15 is 0 Å². The molecule has 1 aromatic carbocycles. The third-order valence-electron chi connectivity index (χ3n) is 4.96. The van der Waals surface area contributed by atoms with Crippen LogP contribution in [-0.2, 0) is 6.54 Å². The Morgan fingerprint density at radius 2 is 1.75 bits per heavy atom. The Labute approximate surface area is 161 Å². The highest BCUT2D eigenvalue weighted by atomic mass is 19.1. The molecule has 1 aliphatic heterocycles. The number of anilines is 1. The van der Waals surface area contributed by atoms with Crippen LogP contribution in [0.3, 0.4) is 0 Å². The monoisotopic (exact) mass is 381 g/mol. The van der Waals surface area contributed by atoms with Crippen LogP contribution in [0, 0.1) is 5.95 Å². The van der Waals surface area contributed by atoms with Crippen molar-refractivity contribution in [1.82, 2.24) is 19.7 Å². The minimum absolute atomic E-state index is 0.198. The summed E-state index contributed by atoms with van der Waals surface area (Å²) in [6, 6.07) is 11.7. The molecular weight excluding hydrogens is 361 g/mol. The number of hydrogen-bond acceptors (Lipinski definition) is 5. The standard InChI is InChI=1S/C20H20FN5O2/c1-2-26-19(27)15-7-4-3-6-14(15)18(23-26)20(28)25-12-10-24(11-13-25)17-9-5-8-16(21)22-17/h3-9H,2,10-13H2,1H3. The van der Waals surface area contributed by atoms with E-state index in [2.05, 4.69) is 10.1 Å². The van der Waals surface area contributed by atoms with E-state index in [1.165, 1.54) is 10.7 Å². The first-order valence-corrected chi connectivity index (χ1v) is 9.25. The topological polar surface area (TPSA) is 71.3 Å². The summed E-state index contributed by atoms with van der Waals surface area (Å²) < 4.78 is 14.7. The van der Waals surface area contributed by atoms with E-state index in [0.29, 0.717) is 49.3 Å². The van der Waals surface area contributed by atoms with E-state index in [9.17, 15) is 14.0 Å². The number of halogens is 1. The fourth-order valence-corrected chi connectivity index (χ4v) is 3.47. The number of piperazine rings is 1. The molecule has 1 aliphatic rings. The Morgan fingerprint density at radius 1 is 1.04 bits per heavy atom. The van der Waals surface area contributed by atoms with Crippen molar-refractivity contribution in [2.75, 3.05) is 31.1 Å². The summed E-state index contributed by atoms with van der Waals surface area (Å²) in [6.45, 7) is 4.25. The van der Waals surface area contributed by atoms with E-state index in [-0.39, 0.29) is 17.2 Å². The average Bonchev–Trinajstić information content (AvgIpc) is 2.74. The lowest BCUT2D eigenvalue weighted by Crippen LogP contribution is -2.49. The van der Waals surface area contributed by atoms with E-state index in [1.54, 1.807) is 41.3 Å². The van der Waals surface area contributed by atoms with E-state index in [0.717, 1.165) is 0 Å². The number of carbonyl (C=O) groups is 1. The number of hydrogen-bond donors (Lipinski definition) is 0. The number of nitrogens with zero attached hydrogens (tertiary/aromatic N) is 5. The van der Waals surface area contributed by atoms with Crippen molar-refractivity contribution in [3.63, 3.8) is 0 Å². The van der Waals surface area contributed by atoms with Gasteiger partial charge in [-0.1, -0.05) is 24.3 Å². The first kappa shape index (κ1) is 18.1. The van der Waals surface area contributed by atoms with Gasteiger partial charge in [-0.25, -0.2) is 9.67 Å². The second-order valence-electron chi connectivity index (χ2n) is 6.61. The van der Waals surface area contributed by atoms with Gasteiger partial charge in [-0.3, -0.25) is 9.59 Å². The van der Waals surface area contributed by atoms with Gasteiger partial charge in [-0.2, -0.15) is 9.49 Å². The predicted molar refractivity (Wildman–Crippen MR) is 104 cm³/mol. The van der Waals surface area contributed by atoms with Crippen molar-refractivity contribution in [2.24, 2.45) is 0 Å². The first-order chi connectivity index (χ1) is 13.6. The van der Waals surface area contributed by atoms with Crippen LogP contribution in [0.2, 0.25) is 0 Å². The number of fused-ring (bicyclic) bond motifs is 1. The number of benzene rings is 1. The normalized spacial score (nSPS) is 14.5. The van der Waals surface area contributed by atoms with Gasteiger partial charge in [-0.15, -0.1) is 0 Å². The van der Waals surface area contributed by atoms with Gasteiger partial charge in [0, 0.05) is 38.1 Å². The number of aromatic nitrogens is 3. The number of rotatable bonds is 3. The molecular formula is C20H20FN5O2. The van der Waals surface area contributed by atoms with Crippen LogP contribution in [0.1, 0.15) is 17.4 Å². The van der Waals surface area contributed by atoms with E-state index in [1.807, 2.05) is 11.8 Å². The minimum Gasteiger partial charge on any atom is -0.353 e. The molecule has 0 radical (unpaired) electrons. The molecule has 28 heavy (non-hydrogen) atoms. The Kier molecular flexibility index (Phi) is 4.77. The lowest BCUT2D eigenvalue weighted by atomic mass is 10.1. The van der Waals surface area contributed by atoms with Crippen LogP contribution in [0.25, 0.3) is 10.8 Å². The average molecular weight is 381 g/mol. The summed E-state index contributed by atoms with van der Waals surface area (Å²) in [4.78, 5) is 33.2. The molecule has 1 fully saturated rings. The maximum atomic E-state index is 13.4. The molecule has 4 rings (SSSR count). The van der Waals surface area contributed by atoms with E-state index in [4.69, 9.17) is 0 Å². The van der Waals surface area contributed by atoms with Crippen molar-refractivity contribution in [2.45, 2.75) is 13.5 Å². The highest BCUT2D eigenvalue weighted by Gasteiger charge is 2.26. The van der Waals surface area contributed by atoms with Crippen LogP contribution in [-0.4, -0.2) is 51.8 Å². The van der Waals surface area contributed by atoms with Crippen molar-refractivity contribution < 1.29 is 9.18 Å². The molecule has 0 unspecified atom stereocenters. The van der Waals surface area contributed by atoms with Gasteiger partial charge < -0.3 is 9.80 Å². The summed E-state index contributed by atoms with van der Waals surface area (Å²) in [7, 11) is 0. The maximum absolute atomic E-state index is 13.4. The molecule has 0 spiro atoms. The molecule has 0 atom stereocenters. The molecule has 7 nitrogen and oxygen atoms in total. The zero-order chi connectivity index (χ0) is 19.7. The molecule has 8 heteroatoms. The van der Waals surface area contributed by atoms with Gasteiger partial charge in [0.1, 0.15) is 5.82 Å². The molecule has 3 heterocycles. The second-order valence-corrected chi connectivity index (χ2v) is 6.61. The summed E-state index contributed by atoms with van der Waals surface area (Å²) in [5.41, 5.74) is 0.0889. The Bertz CT molecular complexity index is 1090. The van der Waals surface area contributed by atoms with Gasteiger partial charge in [0.15, 0.2) is 5.69 Å². The molecule has 0 saturated carbocycles. The third kappa shape index (κ3) is 3.21. The van der Waals surface area contributed by atoms with Gasteiger partial charge in [0.05, 0.1) is 5.39 Å². The molecule has 0 aliphatic carbocycles. The van der Waals surface area contributed by atoms with Crippen LogP contribution in [0.5, 0.6) is 0 Å². The lowest BCUT2D eigenvalue weighted by molar-refractivity contribution is 0.0740. The summed E-state index contributed by atoms with van der Waals surface area (Å²) in [5, 5.41) is 5.38. The van der Waals surface area contributed by atoms with Gasteiger partial charge >= 0.3 is 0 Å². The Hall–Kier alpha value is -3.29. The van der Waals surface area contributed by atoms with Crippen LogP contribution in [0.4, 0.5) is 10.2 Å². The summed E-state index contributed by atoms with van der Waals surface area (Å²) >= 11 is 0. The van der Waals surface area contributed by atoms with Crippen LogP contribution in [0.15, 0.2) is 47.3 Å². The largest absolute Gasteiger partial charge is 0.353 e. The number of carbonyl (C=O) groups excluding carboxylic acids is 1. The number of pyridine rings is 1. The van der Waals surface area contributed by atoms with Crippen molar-refractivity contribution in [1.29, 1.82) is 0 Å². The summed E-state index contributed by atoms with van der Waals surface area (Å²) in [5.74, 6) is -0.158. The highest BCUT2D eigenvalue weighted by molar-refractivity contribution is 6.04. The van der Waals surface area contributed by atoms with Gasteiger partial charge in [0.25, 0.3) is 11.5 Å². The minimum atomic E-state index is -0.520. The predicted octanol–water partition coefficient (Wildman–Crippen LogP) is 1.91. The highest BCUT2D eigenvalue weighted by Crippen LogP contribution is 2.18. The number of amides is 1. The fraction of sp³-hybridized carbons (Fsp3) is 0.300. The second kappa shape index (κ2) is 7.38. The zero-order valence-electron chi connectivity index (χ0n) is 15.5. The summed E-state index contributed by atoms with van der Waals surface area (Å²) in [6.07, 6.45) is 0.